The van der Waals surface area contributed by atoms with E-state index in [1.807, 2.05) is 0 Å². The summed E-state index contributed by atoms with van der Waals surface area (Å²) in [5.41, 5.74) is 0. The van der Waals surface area contributed by atoms with Gasteiger partial charge in [0.05, 0.1) is 12.7 Å². The third-order valence-electron chi connectivity index (χ3n) is 6.46. The van der Waals surface area contributed by atoms with Crippen molar-refractivity contribution in [1.29, 1.82) is 0 Å². The van der Waals surface area contributed by atoms with Crippen molar-refractivity contribution in [2.45, 2.75) is 84.0 Å². The first-order chi connectivity index (χ1) is 11.1. The molecular weight excluding hydrogens is 286 g/mol. The third kappa shape index (κ3) is 4.49. The van der Waals surface area contributed by atoms with E-state index >= 15 is 0 Å². The van der Waals surface area contributed by atoms with Gasteiger partial charge in [0.15, 0.2) is 5.79 Å². The van der Waals surface area contributed by atoms with E-state index in [4.69, 9.17) is 9.47 Å². The summed E-state index contributed by atoms with van der Waals surface area (Å²) in [5.74, 6) is 2.36. The number of piperidine rings is 1. The molecular formula is C20H37NO2. The Morgan fingerprint density at radius 3 is 2.70 bits per heavy atom. The second-order valence-corrected chi connectivity index (χ2v) is 8.57. The summed E-state index contributed by atoms with van der Waals surface area (Å²) in [4.78, 5) is 2.59. The average Bonchev–Trinajstić information content (AvgIpc) is 2.91. The summed E-state index contributed by atoms with van der Waals surface area (Å²) in [6.45, 7) is 11.5. The standard InChI is InChI=1S/C20H37NO2/c1-4-6-17(3)18-8-10-20(11-9-18)22-15-19(23-20)14-21-12-5-7-16(2)13-21/h16-19H,4-15H2,1-3H3. The summed E-state index contributed by atoms with van der Waals surface area (Å²) in [5, 5.41) is 0. The van der Waals surface area contributed by atoms with E-state index in [1.54, 1.807) is 0 Å². The molecule has 2 heterocycles. The minimum atomic E-state index is -0.228. The van der Waals surface area contributed by atoms with E-state index in [-0.39, 0.29) is 5.79 Å². The highest BCUT2D eigenvalue weighted by Crippen LogP contribution is 2.43. The maximum absolute atomic E-state index is 6.45. The van der Waals surface area contributed by atoms with E-state index < -0.39 is 0 Å². The molecule has 134 valence electrons. The van der Waals surface area contributed by atoms with Crippen molar-refractivity contribution >= 4 is 0 Å². The van der Waals surface area contributed by atoms with Gasteiger partial charge in [-0.05, 0) is 50.0 Å². The highest BCUT2D eigenvalue weighted by Gasteiger charge is 2.45. The molecule has 23 heavy (non-hydrogen) atoms. The van der Waals surface area contributed by atoms with Gasteiger partial charge in [-0.3, -0.25) is 0 Å². The largest absolute Gasteiger partial charge is 0.347 e. The van der Waals surface area contributed by atoms with E-state index in [9.17, 15) is 0 Å². The highest BCUT2D eigenvalue weighted by atomic mass is 16.7. The van der Waals surface area contributed by atoms with Crippen molar-refractivity contribution in [2.75, 3.05) is 26.2 Å². The van der Waals surface area contributed by atoms with Crippen molar-refractivity contribution in [3.05, 3.63) is 0 Å². The monoisotopic (exact) mass is 323 g/mol. The van der Waals surface area contributed by atoms with Gasteiger partial charge < -0.3 is 14.4 Å². The molecule has 1 saturated carbocycles. The Morgan fingerprint density at radius 2 is 2.00 bits per heavy atom. The van der Waals surface area contributed by atoms with Gasteiger partial charge in [0, 0.05) is 25.9 Å². The van der Waals surface area contributed by atoms with Crippen molar-refractivity contribution in [3.8, 4) is 0 Å². The minimum absolute atomic E-state index is 0.228. The molecule has 0 aromatic carbocycles. The highest BCUT2D eigenvalue weighted by molar-refractivity contribution is 4.88. The van der Waals surface area contributed by atoms with Crippen molar-refractivity contribution in [3.63, 3.8) is 0 Å². The van der Waals surface area contributed by atoms with Crippen LogP contribution in [0.3, 0.4) is 0 Å². The predicted octanol–water partition coefficient (Wildman–Crippen LogP) is 4.46. The average molecular weight is 324 g/mol. The van der Waals surface area contributed by atoms with Crippen LogP contribution in [0, 0.1) is 17.8 Å². The molecule has 3 fully saturated rings. The molecule has 2 saturated heterocycles. The van der Waals surface area contributed by atoms with Crippen LogP contribution in [0.25, 0.3) is 0 Å². The van der Waals surface area contributed by atoms with Gasteiger partial charge in [-0.15, -0.1) is 0 Å². The zero-order valence-corrected chi connectivity index (χ0v) is 15.6. The van der Waals surface area contributed by atoms with Gasteiger partial charge in [-0.25, -0.2) is 0 Å². The van der Waals surface area contributed by atoms with Gasteiger partial charge in [0.1, 0.15) is 0 Å². The molecule has 3 unspecified atom stereocenters. The number of rotatable bonds is 5. The fraction of sp³-hybridized carbons (Fsp3) is 1.00. The normalized spacial score (nSPS) is 40.6. The molecule has 3 rings (SSSR count). The molecule has 1 spiro atoms. The summed E-state index contributed by atoms with van der Waals surface area (Å²) in [6.07, 6.45) is 10.5. The van der Waals surface area contributed by atoms with E-state index in [0.29, 0.717) is 6.10 Å². The molecule has 2 aliphatic heterocycles. The molecule has 0 radical (unpaired) electrons. The lowest BCUT2D eigenvalue weighted by atomic mass is 9.77. The lowest BCUT2D eigenvalue weighted by molar-refractivity contribution is -0.195. The quantitative estimate of drug-likeness (QED) is 0.746. The van der Waals surface area contributed by atoms with Crippen LogP contribution in [0.15, 0.2) is 0 Å². The first kappa shape index (κ1) is 17.7. The molecule has 0 aromatic heterocycles. The number of hydrogen-bond acceptors (Lipinski definition) is 3. The van der Waals surface area contributed by atoms with E-state index in [1.165, 1.54) is 51.6 Å². The maximum Gasteiger partial charge on any atom is 0.168 e. The minimum Gasteiger partial charge on any atom is -0.347 e. The zero-order valence-electron chi connectivity index (χ0n) is 15.6. The van der Waals surface area contributed by atoms with Crippen molar-refractivity contribution < 1.29 is 9.47 Å². The first-order valence-electron chi connectivity index (χ1n) is 10.1. The van der Waals surface area contributed by atoms with Crippen LogP contribution < -0.4 is 0 Å². The zero-order chi connectivity index (χ0) is 16.3. The molecule has 0 N–H and O–H groups in total. The molecule has 0 amide bonds. The molecule has 0 aromatic rings. The molecule has 1 aliphatic carbocycles. The van der Waals surface area contributed by atoms with Gasteiger partial charge in [-0.1, -0.05) is 33.6 Å². The fourth-order valence-electron chi connectivity index (χ4n) is 5.05. The van der Waals surface area contributed by atoms with Crippen LogP contribution in [0.4, 0.5) is 0 Å². The Balaban J connectivity index is 1.44. The topological polar surface area (TPSA) is 21.7 Å². The third-order valence-corrected chi connectivity index (χ3v) is 6.46. The molecule has 3 atom stereocenters. The summed E-state index contributed by atoms with van der Waals surface area (Å²) in [7, 11) is 0. The lowest BCUT2D eigenvalue weighted by Gasteiger charge is -2.38. The maximum atomic E-state index is 6.45. The Morgan fingerprint density at radius 1 is 1.22 bits per heavy atom. The molecule has 0 bridgehead atoms. The van der Waals surface area contributed by atoms with Crippen LogP contribution in [-0.4, -0.2) is 43.0 Å². The smallest absolute Gasteiger partial charge is 0.168 e. The fourth-order valence-corrected chi connectivity index (χ4v) is 5.05. The predicted molar refractivity (Wildman–Crippen MR) is 94.4 cm³/mol. The van der Waals surface area contributed by atoms with Gasteiger partial charge in [-0.2, -0.15) is 0 Å². The molecule has 3 aliphatic rings. The number of nitrogens with zero attached hydrogens (tertiary/aromatic N) is 1. The van der Waals surface area contributed by atoms with Crippen molar-refractivity contribution in [1.82, 2.24) is 4.90 Å². The van der Waals surface area contributed by atoms with Crippen molar-refractivity contribution in [2.24, 2.45) is 17.8 Å². The number of ether oxygens (including phenoxy) is 2. The van der Waals surface area contributed by atoms with Gasteiger partial charge >= 0.3 is 0 Å². The van der Waals surface area contributed by atoms with Gasteiger partial charge in [0.2, 0.25) is 0 Å². The number of hydrogen-bond donors (Lipinski definition) is 0. The second kappa shape index (κ2) is 7.84. The van der Waals surface area contributed by atoms with Crippen LogP contribution in [0.5, 0.6) is 0 Å². The van der Waals surface area contributed by atoms with Crippen LogP contribution in [-0.2, 0) is 9.47 Å². The summed E-state index contributed by atoms with van der Waals surface area (Å²) < 4.78 is 12.7. The van der Waals surface area contributed by atoms with Crippen LogP contribution >= 0.6 is 0 Å². The second-order valence-electron chi connectivity index (χ2n) is 8.57. The first-order valence-corrected chi connectivity index (χ1v) is 10.1. The van der Waals surface area contributed by atoms with E-state index in [2.05, 4.69) is 25.7 Å². The van der Waals surface area contributed by atoms with Crippen LogP contribution in [0.1, 0.15) is 72.1 Å². The lowest BCUT2D eigenvalue weighted by Crippen LogP contribution is -2.42. The summed E-state index contributed by atoms with van der Waals surface area (Å²) >= 11 is 0. The SMILES string of the molecule is CCCC(C)C1CCC2(CC1)OCC(CN1CCCC(C)C1)O2. The van der Waals surface area contributed by atoms with Crippen LogP contribution in [0.2, 0.25) is 0 Å². The Bertz CT molecular complexity index is 365. The molecule has 3 heteroatoms. The Hall–Kier alpha value is -0.120. The summed E-state index contributed by atoms with van der Waals surface area (Å²) in [6, 6.07) is 0. The Kier molecular flexibility index (Phi) is 6.03. The molecule has 3 nitrogen and oxygen atoms in total. The van der Waals surface area contributed by atoms with Gasteiger partial charge in [0.25, 0.3) is 0 Å². The number of likely N-dealkylation sites (tertiary alicyclic amines) is 1. The van der Waals surface area contributed by atoms with E-state index in [0.717, 1.165) is 43.7 Å². The Labute approximate surface area is 143 Å².